The van der Waals surface area contributed by atoms with Gasteiger partial charge in [-0.1, -0.05) is 20.8 Å². The SMILES string of the molecule is CCCNC(=O)C(C)(C)CCOC(C)(C)CCC=O. The summed E-state index contributed by atoms with van der Waals surface area (Å²) in [6.07, 6.45) is 3.74. The van der Waals surface area contributed by atoms with Crippen LogP contribution in [0.25, 0.3) is 0 Å². The van der Waals surface area contributed by atoms with Gasteiger partial charge < -0.3 is 14.8 Å². The highest BCUT2D eigenvalue weighted by Crippen LogP contribution is 2.23. The molecule has 0 saturated carbocycles. The Kier molecular flexibility index (Phi) is 7.91. The number of carbonyl (C=O) groups excluding carboxylic acids is 2. The van der Waals surface area contributed by atoms with Crippen LogP contribution in [0.4, 0.5) is 0 Å². The summed E-state index contributed by atoms with van der Waals surface area (Å²) in [4.78, 5) is 22.3. The largest absolute Gasteiger partial charge is 0.376 e. The van der Waals surface area contributed by atoms with Crippen molar-refractivity contribution >= 4 is 12.2 Å². The van der Waals surface area contributed by atoms with Gasteiger partial charge in [0.2, 0.25) is 5.91 Å². The first-order valence-electron chi connectivity index (χ1n) is 7.11. The maximum absolute atomic E-state index is 11.9. The number of amides is 1. The molecule has 0 aromatic heterocycles. The smallest absolute Gasteiger partial charge is 0.225 e. The molecule has 0 atom stereocenters. The van der Waals surface area contributed by atoms with Crippen LogP contribution in [0.5, 0.6) is 0 Å². The van der Waals surface area contributed by atoms with Gasteiger partial charge in [-0.3, -0.25) is 4.79 Å². The van der Waals surface area contributed by atoms with Gasteiger partial charge in [0, 0.05) is 25.0 Å². The van der Waals surface area contributed by atoms with E-state index in [4.69, 9.17) is 4.74 Å². The van der Waals surface area contributed by atoms with E-state index in [0.29, 0.717) is 32.4 Å². The van der Waals surface area contributed by atoms with Gasteiger partial charge in [0.25, 0.3) is 0 Å². The number of carbonyl (C=O) groups is 2. The van der Waals surface area contributed by atoms with Crippen molar-refractivity contribution in [2.45, 2.75) is 65.9 Å². The second-order valence-electron chi connectivity index (χ2n) is 6.20. The highest BCUT2D eigenvalue weighted by molar-refractivity contribution is 5.81. The lowest BCUT2D eigenvalue weighted by atomic mass is 9.88. The Bertz CT molecular complexity index is 285. The predicted molar refractivity (Wildman–Crippen MR) is 77.0 cm³/mol. The lowest BCUT2D eigenvalue weighted by Crippen LogP contribution is -2.38. The Labute approximate surface area is 117 Å². The highest BCUT2D eigenvalue weighted by Gasteiger charge is 2.28. The second kappa shape index (κ2) is 8.31. The van der Waals surface area contributed by atoms with Crippen LogP contribution in [0.2, 0.25) is 0 Å². The fraction of sp³-hybridized carbons (Fsp3) is 0.867. The Morgan fingerprint density at radius 3 is 2.37 bits per heavy atom. The van der Waals surface area contributed by atoms with Crippen molar-refractivity contribution < 1.29 is 14.3 Å². The molecule has 0 radical (unpaired) electrons. The molecule has 0 spiro atoms. The third kappa shape index (κ3) is 7.98. The molecule has 19 heavy (non-hydrogen) atoms. The predicted octanol–water partition coefficient (Wildman–Crippen LogP) is 2.70. The van der Waals surface area contributed by atoms with Crippen LogP contribution in [0, 0.1) is 5.41 Å². The fourth-order valence-electron chi connectivity index (χ4n) is 1.65. The molecule has 0 aromatic carbocycles. The zero-order valence-electron chi connectivity index (χ0n) is 13.0. The molecule has 0 heterocycles. The minimum Gasteiger partial charge on any atom is -0.376 e. The number of ether oxygens (including phenoxy) is 1. The van der Waals surface area contributed by atoms with Crippen molar-refractivity contribution in [2.24, 2.45) is 5.41 Å². The van der Waals surface area contributed by atoms with Crippen LogP contribution < -0.4 is 5.32 Å². The van der Waals surface area contributed by atoms with E-state index in [1.165, 1.54) is 0 Å². The number of aldehydes is 1. The first-order valence-corrected chi connectivity index (χ1v) is 7.11. The summed E-state index contributed by atoms with van der Waals surface area (Å²) in [7, 11) is 0. The van der Waals surface area contributed by atoms with Gasteiger partial charge in [0.1, 0.15) is 6.29 Å². The van der Waals surface area contributed by atoms with E-state index in [0.717, 1.165) is 12.7 Å². The summed E-state index contributed by atoms with van der Waals surface area (Å²) >= 11 is 0. The van der Waals surface area contributed by atoms with E-state index in [1.807, 2.05) is 34.6 Å². The molecule has 0 fully saturated rings. The molecule has 0 rings (SSSR count). The quantitative estimate of drug-likeness (QED) is 0.622. The number of rotatable bonds is 10. The molecule has 1 amide bonds. The molecule has 0 unspecified atom stereocenters. The molecule has 0 aromatic rings. The van der Waals surface area contributed by atoms with E-state index in [1.54, 1.807) is 0 Å². The summed E-state index contributed by atoms with van der Waals surface area (Å²) < 4.78 is 5.78. The summed E-state index contributed by atoms with van der Waals surface area (Å²) in [6, 6.07) is 0. The zero-order valence-corrected chi connectivity index (χ0v) is 13.0. The maximum Gasteiger partial charge on any atom is 0.225 e. The van der Waals surface area contributed by atoms with Crippen LogP contribution in [0.1, 0.15) is 60.3 Å². The van der Waals surface area contributed by atoms with Crippen LogP contribution in [0.3, 0.4) is 0 Å². The molecule has 0 saturated heterocycles. The minimum absolute atomic E-state index is 0.0728. The minimum atomic E-state index is -0.421. The molecular formula is C15H29NO3. The van der Waals surface area contributed by atoms with E-state index in [2.05, 4.69) is 5.32 Å². The van der Waals surface area contributed by atoms with Gasteiger partial charge >= 0.3 is 0 Å². The van der Waals surface area contributed by atoms with Crippen molar-refractivity contribution in [1.29, 1.82) is 0 Å². The average Bonchev–Trinajstić information content (AvgIpc) is 2.32. The number of nitrogens with one attached hydrogen (secondary N) is 1. The molecule has 4 nitrogen and oxygen atoms in total. The Balaban J connectivity index is 4.09. The summed E-state index contributed by atoms with van der Waals surface area (Å²) in [5.41, 5.74) is -0.729. The molecule has 0 bridgehead atoms. The molecule has 0 aliphatic rings. The van der Waals surface area contributed by atoms with Crippen LogP contribution in [0.15, 0.2) is 0 Å². The number of hydrogen-bond donors (Lipinski definition) is 1. The van der Waals surface area contributed by atoms with Crippen molar-refractivity contribution in [2.75, 3.05) is 13.2 Å². The van der Waals surface area contributed by atoms with Crippen LogP contribution in [-0.2, 0) is 14.3 Å². The highest BCUT2D eigenvalue weighted by atomic mass is 16.5. The topological polar surface area (TPSA) is 55.4 Å². The third-order valence-corrected chi connectivity index (χ3v) is 3.23. The van der Waals surface area contributed by atoms with Crippen molar-refractivity contribution in [3.05, 3.63) is 0 Å². The van der Waals surface area contributed by atoms with Crippen molar-refractivity contribution in [1.82, 2.24) is 5.32 Å². The fourth-order valence-corrected chi connectivity index (χ4v) is 1.65. The van der Waals surface area contributed by atoms with Crippen molar-refractivity contribution in [3.8, 4) is 0 Å². The molecule has 4 heteroatoms. The van der Waals surface area contributed by atoms with Gasteiger partial charge in [0.05, 0.1) is 5.60 Å². The van der Waals surface area contributed by atoms with Gasteiger partial charge in [0.15, 0.2) is 0 Å². The monoisotopic (exact) mass is 271 g/mol. The van der Waals surface area contributed by atoms with Gasteiger partial charge in [-0.15, -0.1) is 0 Å². The van der Waals surface area contributed by atoms with E-state index in [-0.39, 0.29) is 11.5 Å². The maximum atomic E-state index is 11.9. The molecule has 0 aliphatic carbocycles. The van der Waals surface area contributed by atoms with Gasteiger partial charge in [-0.25, -0.2) is 0 Å². The summed E-state index contributed by atoms with van der Waals surface area (Å²) in [5, 5.41) is 2.91. The summed E-state index contributed by atoms with van der Waals surface area (Å²) in [5.74, 6) is 0.0728. The molecule has 112 valence electrons. The number of hydrogen-bond acceptors (Lipinski definition) is 3. The van der Waals surface area contributed by atoms with Gasteiger partial charge in [-0.05, 0) is 33.1 Å². The Hall–Kier alpha value is -0.900. The van der Waals surface area contributed by atoms with Crippen LogP contribution >= 0.6 is 0 Å². The normalized spacial score (nSPS) is 12.3. The zero-order chi connectivity index (χ0) is 14.9. The van der Waals surface area contributed by atoms with Crippen molar-refractivity contribution in [3.63, 3.8) is 0 Å². The Morgan fingerprint density at radius 2 is 1.84 bits per heavy atom. The Morgan fingerprint density at radius 1 is 1.21 bits per heavy atom. The second-order valence-corrected chi connectivity index (χ2v) is 6.20. The van der Waals surface area contributed by atoms with E-state index >= 15 is 0 Å². The van der Waals surface area contributed by atoms with E-state index < -0.39 is 5.41 Å². The van der Waals surface area contributed by atoms with E-state index in [9.17, 15) is 9.59 Å². The lowest BCUT2D eigenvalue weighted by Gasteiger charge is -2.28. The molecular weight excluding hydrogens is 242 g/mol. The first-order chi connectivity index (χ1) is 8.75. The van der Waals surface area contributed by atoms with Crippen LogP contribution in [-0.4, -0.2) is 30.9 Å². The lowest BCUT2D eigenvalue weighted by molar-refractivity contribution is -0.131. The first kappa shape index (κ1) is 18.1. The third-order valence-electron chi connectivity index (χ3n) is 3.23. The molecule has 1 N–H and O–H groups in total. The standard InChI is InChI=1S/C15H29NO3/c1-6-10-16-13(18)14(2,3)9-12-19-15(4,5)8-7-11-17/h11H,6-10,12H2,1-5H3,(H,16,18). The molecule has 0 aliphatic heterocycles. The summed E-state index contributed by atoms with van der Waals surface area (Å²) in [6.45, 7) is 11.1. The van der Waals surface area contributed by atoms with Gasteiger partial charge in [-0.2, -0.15) is 0 Å². The average molecular weight is 271 g/mol.